The van der Waals surface area contributed by atoms with Gasteiger partial charge < -0.3 is 8.85 Å². The van der Waals surface area contributed by atoms with Crippen molar-refractivity contribution in [1.29, 1.82) is 0 Å². The summed E-state index contributed by atoms with van der Waals surface area (Å²) in [6, 6.07) is 0. The first-order chi connectivity index (χ1) is 6.55. The molecule has 0 atom stereocenters. The van der Waals surface area contributed by atoms with Crippen LogP contribution in [0.3, 0.4) is 0 Å². The smallest absolute Gasteiger partial charge is 0.250 e. The monoisotopic (exact) mass is 246 g/mol. The number of allylic oxidation sites excluding steroid dienone is 1. The highest BCUT2D eigenvalue weighted by Crippen LogP contribution is 2.21. The predicted molar refractivity (Wildman–Crippen MR) is 71.9 cm³/mol. The van der Waals surface area contributed by atoms with Gasteiger partial charge in [-0.05, 0) is 52.6 Å². The zero-order valence-corrected chi connectivity index (χ0v) is 13.5. The summed E-state index contributed by atoms with van der Waals surface area (Å²) in [6.45, 7) is 17.3. The quantitative estimate of drug-likeness (QED) is 0.531. The van der Waals surface area contributed by atoms with Gasteiger partial charge in [-0.25, -0.2) is 0 Å². The van der Waals surface area contributed by atoms with E-state index in [0.29, 0.717) is 0 Å². The van der Waals surface area contributed by atoms with Crippen LogP contribution in [0.2, 0.25) is 39.3 Å². The summed E-state index contributed by atoms with van der Waals surface area (Å²) in [6.07, 6.45) is 0.990. The Kier molecular flexibility index (Phi) is 5.13. The van der Waals surface area contributed by atoms with Gasteiger partial charge in [-0.3, -0.25) is 0 Å². The summed E-state index contributed by atoms with van der Waals surface area (Å²) >= 11 is 0. The van der Waals surface area contributed by atoms with Crippen molar-refractivity contribution in [3.63, 3.8) is 0 Å². The van der Waals surface area contributed by atoms with E-state index in [1.807, 2.05) is 0 Å². The molecular formula is C11H26O2Si2. The first-order valence-corrected chi connectivity index (χ1v) is 12.4. The predicted octanol–water partition coefficient (Wildman–Crippen LogP) is 4.33. The molecular weight excluding hydrogens is 220 g/mol. The van der Waals surface area contributed by atoms with Crippen molar-refractivity contribution in [2.45, 2.75) is 59.6 Å². The molecule has 0 fully saturated rings. The minimum Gasteiger partial charge on any atom is -0.521 e. The molecule has 90 valence electrons. The van der Waals surface area contributed by atoms with Crippen molar-refractivity contribution in [2.75, 3.05) is 0 Å². The van der Waals surface area contributed by atoms with Crippen LogP contribution >= 0.6 is 0 Å². The molecule has 15 heavy (non-hydrogen) atoms. The maximum absolute atomic E-state index is 6.00. The lowest BCUT2D eigenvalue weighted by Gasteiger charge is -2.28. The van der Waals surface area contributed by atoms with E-state index in [1.54, 1.807) is 0 Å². The van der Waals surface area contributed by atoms with Gasteiger partial charge in [0.2, 0.25) is 22.6 Å². The van der Waals surface area contributed by atoms with Crippen molar-refractivity contribution in [2.24, 2.45) is 0 Å². The summed E-state index contributed by atoms with van der Waals surface area (Å²) in [5, 5.41) is 0. The van der Waals surface area contributed by atoms with E-state index < -0.39 is 16.6 Å². The molecule has 0 heterocycles. The van der Waals surface area contributed by atoms with E-state index >= 15 is 0 Å². The van der Waals surface area contributed by atoms with E-state index in [0.717, 1.165) is 12.4 Å². The van der Waals surface area contributed by atoms with E-state index in [2.05, 4.69) is 53.1 Å². The Bertz CT molecular complexity index is 216. The van der Waals surface area contributed by atoms with Gasteiger partial charge in [-0.1, -0.05) is 6.92 Å². The minimum absolute atomic E-state index is 0.802. The van der Waals surface area contributed by atoms with Crippen LogP contribution in [-0.2, 0) is 8.85 Å². The van der Waals surface area contributed by atoms with E-state index in [-0.39, 0.29) is 0 Å². The molecule has 0 aliphatic carbocycles. The molecule has 2 nitrogen and oxygen atoms in total. The van der Waals surface area contributed by atoms with Crippen LogP contribution in [0, 0.1) is 0 Å². The SMILES string of the molecule is CCC(C)=C(O[Si](C)(C)C)O[Si](C)(C)C. The molecule has 0 saturated heterocycles. The zero-order chi connectivity index (χ0) is 12.3. The Morgan fingerprint density at radius 2 is 1.20 bits per heavy atom. The van der Waals surface area contributed by atoms with Gasteiger partial charge in [0.1, 0.15) is 0 Å². The Balaban J connectivity index is 4.78. The van der Waals surface area contributed by atoms with Crippen molar-refractivity contribution in [3.05, 3.63) is 11.5 Å². The fraction of sp³-hybridized carbons (Fsp3) is 0.818. The Labute approximate surface area is 96.9 Å². The van der Waals surface area contributed by atoms with Crippen molar-refractivity contribution in [3.8, 4) is 0 Å². The number of rotatable bonds is 5. The van der Waals surface area contributed by atoms with Crippen molar-refractivity contribution < 1.29 is 8.85 Å². The Morgan fingerprint density at radius 1 is 0.867 bits per heavy atom. The molecule has 0 radical (unpaired) electrons. The van der Waals surface area contributed by atoms with Crippen LogP contribution in [0.15, 0.2) is 11.5 Å². The van der Waals surface area contributed by atoms with E-state index in [4.69, 9.17) is 8.85 Å². The second-order valence-corrected chi connectivity index (χ2v) is 14.7. The van der Waals surface area contributed by atoms with Gasteiger partial charge in [0, 0.05) is 5.57 Å². The summed E-state index contributed by atoms with van der Waals surface area (Å²) in [5.41, 5.74) is 1.22. The minimum atomic E-state index is -1.56. The van der Waals surface area contributed by atoms with Crippen LogP contribution in [0.4, 0.5) is 0 Å². The highest BCUT2D eigenvalue weighted by molar-refractivity contribution is 6.71. The maximum atomic E-state index is 6.00. The van der Waals surface area contributed by atoms with Crippen molar-refractivity contribution in [1.82, 2.24) is 0 Å². The van der Waals surface area contributed by atoms with Gasteiger partial charge in [0.25, 0.3) is 0 Å². The van der Waals surface area contributed by atoms with Gasteiger partial charge in [0.15, 0.2) is 0 Å². The lowest BCUT2D eigenvalue weighted by Crippen LogP contribution is -2.32. The molecule has 0 saturated carbocycles. The highest BCUT2D eigenvalue weighted by atomic mass is 28.4. The van der Waals surface area contributed by atoms with Gasteiger partial charge in [-0.2, -0.15) is 0 Å². The molecule has 0 aromatic rings. The lowest BCUT2D eigenvalue weighted by atomic mass is 10.3. The number of hydrogen-bond donors (Lipinski definition) is 0. The van der Waals surface area contributed by atoms with Crippen LogP contribution in [0.25, 0.3) is 0 Å². The first kappa shape index (κ1) is 14.8. The maximum Gasteiger partial charge on any atom is 0.250 e. The number of hydrogen-bond acceptors (Lipinski definition) is 2. The molecule has 0 bridgehead atoms. The average Bonchev–Trinajstić information content (AvgIpc) is 1.96. The first-order valence-electron chi connectivity index (χ1n) is 5.63. The molecule has 0 rings (SSSR count). The third-order valence-corrected chi connectivity index (χ3v) is 3.27. The molecule has 0 aromatic carbocycles. The molecule has 0 aliphatic heterocycles. The average molecular weight is 246 g/mol. The standard InChI is InChI=1S/C11H26O2Si2/c1-9-10(2)11(12-14(3,4)5)13-15(6,7)8/h9H2,1-8H3. The molecule has 4 heteroatoms. The van der Waals surface area contributed by atoms with Crippen LogP contribution in [0.5, 0.6) is 0 Å². The van der Waals surface area contributed by atoms with Crippen LogP contribution in [-0.4, -0.2) is 16.6 Å². The largest absolute Gasteiger partial charge is 0.521 e. The highest BCUT2D eigenvalue weighted by Gasteiger charge is 2.24. The molecule has 0 unspecified atom stereocenters. The fourth-order valence-electron chi connectivity index (χ4n) is 0.896. The van der Waals surface area contributed by atoms with Crippen molar-refractivity contribution >= 4 is 16.6 Å². The summed E-state index contributed by atoms with van der Waals surface area (Å²) < 4.78 is 12.0. The summed E-state index contributed by atoms with van der Waals surface area (Å²) in [7, 11) is -3.12. The van der Waals surface area contributed by atoms with Gasteiger partial charge >= 0.3 is 0 Å². The second-order valence-electron chi connectivity index (χ2n) is 5.85. The summed E-state index contributed by atoms with van der Waals surface area (Å²) in [4.78, 5) is 0. The lowest BCUT2D eigenvalue weighted by molar-refractivity contribution is 0.209. The third-order valence-electron chi connectivity index (χ3n) is 1.68. The van der Waals surface area contributed by atoms with E-state index in [1.165, 1.54) is 5.57 Å². The Hall–Kier alpha value is -0.226. The molecule has 0 spiro atoms. The van der Waals surface area contributed by atoms with E-state index in [9.17, 15) is 0 Å². The molecule has 0 amide bonds. The molecule has 0 aromatic heterocycles. The normalized spacial score (nSPS) is 12.3. The van der Waals surface area contributed by atoms with Gasteiger partial charge in [0.05, 0.1) is 0 Å². The van der Waals surface area contributed by atoms with Crippen LogP contribution in [0.1, 0.15) is 20.3 Å². The van der Waals surface area contributed by atoms with Gasteiger partial charge in [-0.15, -0.1) is 0 Å². The fourth-order valence-corrected chi connectivity index (χ4v) is 2.52. The topological polar surface area (TPSA) is 18.5 Å². The third kappa shape index (κ3) is 7.67. The zero-order valence-electron chi connectivity index (χ0n) is 11.5. The summed E-state index contributed by atoms with van der Waals surface area (Å²) in [5.74, 6) is 0.802. The molecule has 0 aliphatic rings. The van der Waals surface area contributed by atoms with Crippen LogP contribution < -0.4 is 0 Å². The second kappa shape index (κ2) is 5.21. The Morgan fingerprint density at radius 3 is 1.40 bits per heavy atom. The molecule has 0 N–H and O–H groups in total.